The van der Waals surface area contributed by atoms with Crippen molar-refractivity contribution in [1.29, 1.82) is 0 Å². The van der Waals surface area contributed by atoms with E-state index < -0.39 is 0 Å². The van der Waals surface area contributed by atoms with Crippen molar-refractivity contribution in [3.8, 4) is 0 Å². The van der Waals surface area contributed by atoms with E-state index in [2.05, 4.69) is 18.7 Å². The molecule has 0 aromatic heterocycles. The number of likely N-dealkylation sites (tertiary alicyclic amines) is 1. The number of hydrogen-bond acceptors (Lipinski definition) is 2. The van der Waals surface area contributed by atoms with Crippen molar-refractivity contribution in [2.75, 3.05) is 13.1 Å². The fourth-order valence-corrected chi connectivity index (χ4v) is 1.64. The Balaban J connectivity index is 2.53. The Morgan fingerprint density at radius 2 is 2.40 bits per heavy atom. The fourth-order valence-electron chi connectivity index (χ4n) is 1.64. The molecule has 0 aromatic carbocycles. The maximum absolute atomic E-state index is 10.5. The molecule has 0 N–H and O–H groups in total. The van der Waals surface area contributed by atoms with Crippen LogP contribution in [0.3, 0.4) is 0 Å². The lowest BCUT2D eigenvalue weighted by molar-refractivity contribution is -0.112. The summed E-state index contributed by atoms with van der Waals surface area (Å²) in [5.74, 6) is 0.567. The van der Waals surface area contributed by atoms with Gasteiger partial charge in [-0.2, -0.15) is 0 Å². The third-order valence-electron chi connectivity index (χ3n) is 2.42. The van der Waals surface area contributed by atoms with E-state index in [1.807, 2.05) is 0 Å². The van der Waals surface area contributed by atoms with Crippen LogP contribution in [0.4, 0.5) is 0 Å². The maximum Gasteiger partial charge on any atom is 0.137 e. The van der Waals surface area contributed by atoms with Crippen LogP contribution in [-0.4, -0.2) is 30.3 Å². The van der Waals surface area contributed by atoms with Crippen LogP contribution in [0.2, 0.25) is 0 Å². The molecular weight excluding hydrogens is 126 g/mol. The molecule has 2 atom stereocenters. The number of carbonyl (C=O) groups excluding carboxylic acids is 1. The average Bonchev–Trinajstić information content (AvgIpc) is 2.30. The highest BCUT2D eigenvalue weighted by Gasteiger charge is 2.28. The molecule has 2 unspecified atom stereocenters. The van der Waals surface area contributed by atoms with Crippen molar-refractivity contribution >= 4 is 6.29 Å². The standard InChI is InChI=1S/C8H15NO/c1-3-9-5-4-7(2)8(9)6-10/h6-8H,3-5H2,1-2H3. The van der Waals surface area contributed by atoms with Crippen LogP contribution >= 0.6 is 0 Å². The smallest absolute Gasteiger partial charge is 0.137 e. The zero-order valence-corrected chi connectivity index (χ0v) is 6.71. The number of rotatable bonds is 2. The van der Waals surface area contributed by atoms with Crippen LogP contribution < -0.4 is 0 Å². The summed E-state index contributed by atoms with van der Waals surface area (Å²) in [6.45, 7) is 6.36. The molecule has 0 amide bonds. The summed E-state index contributed by atoms with van der Waals surface area (Å²) in [5.41, 5.74) is 0. The van der Waals surface area contributed by atoms with E-state index in [1.54, 1.807) is 0 Å². The maximum atomic E-state index is 10.5. The van der Waals surface area contributed by atoms with Crippen LogP contribution in [0.25, 0.3) is 0 Å². The molecule has 0 aromatic rings. The first-order valence-corrected chi connectivity index (χ1v) is 3.99. The molecular formula is C8H15NO. The van der Waals surface area contributed by atoms with Gasteiger partial charge in [-0.25, -0.2) is 0 Å². The van der Waals surface area contributed by atoms with Gasteiger partial charge in [0.15, 0.2) is 0 Å². The van der Waals surface area contributed by atoms with Gasteiger partial charge in [0, 0.05) is 0 Å². The molecule has 1 heterocycles. The van der Waals surface area contributed by atoms with Gasteiger partial charge in [0.25, 0.3) is 0 Å². The van der Waals surface area contributed by atoms with E-state index >= 15 is 0 Å². The Hall–Kier alpha value is -0.370. The molecule has 10 heavy (non-hydrogen) atoms. The lowest BCUT2D eigenvalue weighted by atomic mass is 10.0. The summed E-state index contributed by atoms with van der Waals surface area (Å²) in [6.07, 6.45) is 2.26. The normalized spacial score (nSPS) is 34.6. The third-order valence-corrected chi connectivity index (χ3v) is 2.42. The van der Waals surface area contributed by atoms with Gasteiger partial charge in [-0.05, 0) is 25.4 Å². The molecule has 2 heteroatoms. The third kappa shape index (κ3) is 1.21. The number of likely N-dealkylation sites (N-methyl/N-ethyl adjacent to an activating group) is 1. The molecule has 1 aliphatic rings. The number of hydrogen-bond donors (Lipinski definition) is 0. The van der Waals surface area contributed by atoms with E-state index in [0.29, 0.717) is 5.92 Å². The minimum Gasteiger partial charge on any atom is -0.302 e. The van der Waals surface area contributed by atoms with Gasteiger partial charge in [-0.1, -0.05) is 13.8 Å². The Kier molecular flexibility index (Phi) is 2.44. The predicted octanol–water partition coefficient (Wildman–Crippen LogP) is 0.916. The van der Waals surface area contributed by atoms with Crippen molar-refractivity contribution in [2.45, 2.75) is 26.3 Å². The molecule has 58 valence electrons. The van der Waals surface area contributed by atoms with Crippen LogP contribution in [0.15, 0.2) is 0 Å². The molecule has 1 saturated heterocycles. The largest absolute Gasteiger partial charge is 0.302 e. The van der Waals surface area contributed by atoms with Crippen molar-refractivity contribution < 1.29 is 4.79 Å². The summed E-state index contributed by atoms with van der Waals surface area (Å²) < 4.78 is 0. The summed E-state index contributed by atoms with van der Waals surface area (Å²) in [7, 11) is 0. The second-order valence-electron chi connectivity index (χ2n) is 3.02. The fraction of sp³-hybridized carbons (Fsp3) is 0.875. The number of carbonyl (C=O) groups is 1. The van der Waals surface area contributed by atoms with Crippen molar-refractivity contribution in [3.63, 3.8) is 0 Å². The Labute approximate surface area is 62.2 Å². The molecule has 2 nitrogen and oxygen atoms in total. The van der Waals surface area contributed by atoms with Gasteiger partial charge >= 0.3 is 0 Å². The SMILES string of the molecule is CCN1CCC(C)C1C=O. The molecule has 1 rings (SSSR count). The first-order chi connectivity index (χ1) is 4.79. The van der Waals surface area contributed by atoms with Crippen LogP contribution in [-0.2, 0) is 4.79 Å². The second-order valence-corrected chi connectivity index (χ2v) is 3.02. The topological polar surface area (TPSA) is 20.3 Å². The van der Waals surface area contributed by atoms with E-state index in [0.717, 1.165) is 19.4 Å². The number of nitrogens with zero attached hydrogens (tertiary/aromatic N) is 1. The van der Waals surface area contributed by atoms with Crippen LogP contribution in [0, 0.1) is 5.92 Å². The average molecular weight is 141 g/mol. The summed E-state index contributed by atoms with van der Waals surface area (Å²) in [5, 5.41) is 0. The molecule has 1 fully saturated rings. The van der Waals surface area contributed by atoms with Crippen LogP contribution in [0.1, 0.15) is 20.3 Å². The van der Waals surface area contributed by atoms with Gasteiger partial charge in [0.05, 0.1) is 6.04 Å². The highest BCUT2D eigenvalue weighted by molar-refractivity contribution is 5.58. The van der Waals surface area contributed by atoms with Gasteiger partial charge in [0.2, 0.25) is 0 Å². The Bertz CT molecular complexity index is 124. The Morgan fingerprint density at radius 3 is 2.80 bits per heavy atom. The number of aldehydes is 1. The van der Waals surface area contributed by atoms with Crippen molar-refractivity contribution in [2.24, 2.45) is 5.92 Å². The molecule has 0 saturated carbocycles. The van der Waals surface area contributed by atoms with E-state index in [-0.39, 0.29) is 6.04 Å². The van der Waals surface area contributed by atoms with Gasteiger partial charge in [0.1, 0.15) is 6.29 Å². The van der Waals surface area contributed by atoms with Crippen LogP contribution in [0.5, 0.6) is 0 Å². The predicted molar refractivity (Wildman–Crippen MR) is 40.9 cm³/mol. The van der Waals surface area contributed by atoms with Gasteiger partial charge in [-0.3, -0.25) is 4.90 Å². The van der Waals surface area contributed by atoms with Crippen molar-refractivity contribution in [3.05, 3.63) is 0 Å². The monoisotopic (exact) mass is 141 g/mol. The quantitative estimate of drug-likeness (QED) is 0.533. The lowest BCUT2D eigenvalue weighted by Gasteiger charge is -2.18. The molecule has 0 radical (unpaired) electrons. The zero-order valence-electron chi connectivity index (χ0n) is 6.71. The summed E-state index contributed by atoms with van der Waals surface area (Å²) >= 11 is 0. The van der Waals surface area contributed by atoms with Gasteiger partial charge < -0.3 is 4.79 Å². The molecule has 0 aliphatic carbocycles. The van der Waals surface area contributed by atoms with E-state index in [1.165, 1.54) is 6.42 Å². The minimum absolute atomic E-state index is 0.199. The lowest BCUT2D eigenvalue weighted by Crippen LogP contribution is -2.32. The molecule has 0 spiro atoms. The minimum atomic E-state index is 0.199. The molecule has 1 aliphatic heterocycles. The first-order valence-electron chi connectivity index (χ1n) is 3.99. The van der Waals surface area contributed by atoms with E-state index in [4.69, 9.17) is 0 Å². The first kappa shape index (κ1) is 7.73. The Morgan fingerprint density at radius 1 is 1.70 bits per heavy atom. The highest BCUT2D eigenvalue weighted by Crippen LogP contribution is 2.21. The second kappa shape index (κ2) is 3.15. The van der Waals surface area contributed by atoms with Gasteiger partial charge in [-0.15, -0.1) is 0 Å². The zero-order chi connectivity index (χ0) is 7.56. The van der Waals surface area contributed by atoms with E-state index in [9.17, 15) is 4.79 Å². The summed E-state index contributed by atoms with van der Waals surface area (Å²) in [4.78, 5) is 12.8. The molecule has 0 bridgehead atoms. The highest BCUT2D eigenvalue weighted by atomic mass is 16.1. The van der Waals surface area contributed by atoms with Crippen molar-refractivity contribution in [1.82, 2.24) is 4.90 Å². The summed E-state index contributed by atoms with van der Waals surface area (Å²) in [6, 6.07) is 0.199.